The van der Waals surface area contributed by atoms with Crippen LogP contribution in [0.4, 0.5) is 0 Å². The number of hydrogen-bond donors (Lipinski definition) is 3. The first-order chi connectivity index (χ1) is 20.4. The lowest BCUT2D eigenvalue weighted by Crippen LogP contribution is -2.38. The minimum Gasteiger partial charge on any atom is -0.497 e. The van der Waals surface area contributed by atoms with Crippen LogP contribution in [0.15, 0.2) is 79.0 Å². The highest BCUT2D eigenvalue weighted by molar-refractivity contribution is 6.31. The fourth-order valence-corrected chi connectivity index (χ4v) is 5.89. The van der Waals surface area contributed by atoms with Gasteiger partial charge < -0.3 is 19.8 Å². The maximum Gasteiger partial charge on any atom is 0.323 e. The summed E-state index contributed by atoms with van der Waals surface area (Å²) in [6.45, 7) is 0.912. The number of hydrogen-bond acceptors (Lipinski definition) is 6. The van der Waals surface area contributed by atoms with Gasteiger partial charge in [0.2, 0.25) is 0 Å². The summed E-state index contributed by atoms with van der Waals surface area (Å²) >= 11 is 6.33. The van der Waals surface area contributed by atoms with Crippen LogP contribution in [0, 0.1) is 0 Å². The molecule has 214 valence electrons. The zero-order valence-corrected chi connectivity index (χ0v) is 23.9. The number of esters is 1. The van der Waals surface area contributed by atoms with E-state index in [1.165, 1.54) is 7.11 Å². The van der Waals surface area contributed by atoms with Gasteiger partial charge in [-0.2, -0.15) is 5.10 Å². The van der Waals surface area contributed by atoms with Crippen LogP contribution in [0.3, 0.4) is 0 Å². The summed E-state index contributed by atoms with van der Waals surface area (Å²) in [5, 5.41) is 12.0. The van der Waals surface area contributed by atoms with Crippen molar-refractivity contribution in [3.63, 3.8) is 0 Å². The van der Waals surface area contributed by atoms with E-state index in [1.54, 1.807) is 19.4 Å². The van der Waals surface area contributed by atoms with Gasteiger partial charge in [0, 0.05) is 51.7 Å². The van der Waals surface area contributed by atoms with E-state index < -0.39 is 6.04 Å². The fourth-order valence-electron chi connectivity index (χ4n) is 5.72. The van der Waals surface area contributed by atoms with Crippen LogP contribution in [-0.4, -0.2) is 64.8 Å². The van der Waals surface area contributed by atoms with Gasteiger partial charge in [0.15, 0.2) is 0 Å². The van der Waals surface area contributed by atoms with Crippen LogP contribution in [0.25, 0.3) is 33.3 Å². The SMILES string of the molecule is COC(=O)[C@@H]1C[C@@H](NC(=O)c2[nH]c3ccc(Cl)cc3c2-c2ccccc2)CN1Cc1cn[nH]c1-c1ccc(OC)cc1. The minimum atomic E-state index is -0.519. The van der Waals surface area contributed by atoms with Gasteiger partial charge in [-0.05, 0) is 54.4 Å². The molecule has 1 aliphatic heterocycles. The Morgan fingerprint density at radius 3 is 2.57 bits per heavy atom. The maximum atomic E-state index is 13.8. The van der Waals surface area contributed by atoms with Crippen molar-refractivity contribution >= 4 is 34.4 Å². The summed E-state index contributed by atoms with van der Waals surface area (Å²) in [5.41, 5.74) is 5.69. The molecule has 0 radical (unpaired) electrons. The molecule has 2 aromatic heterocycles. The molecule has 9 nitrogen and oxygen atoms in total. The Kier molecular flexibility index (Phi) is 7.69. The van der Waals surface area contributed by atoms with Crippen molar-refractivity contribution in [2.75, 3.05) is 20.8 Å². The fraction of sp³-hybridized carbons (Fsp3) is 0.219. The number of aromatic amines is 2. The smallest absolute Gasteiger partial charge is 0.323 e. The van der Waals surface area contributed by atoms with Gasteiger partial charge in [0.1, 0.15) is 17.5 Å². The summed E-state index contributed by atoms with van der Waals surface area (Å²) in [6.07, 6.45) is 2.18. The highest BCUT2D eigenvalue weighted by Crippen LogP contribution is 2.35. The molecule has 0 spiro atoms. The lowest BCUT2D eigenvalue weighted by atomic mass is 10.0. The predicted octanol–water partition coefficient (Wildman–Crippen LogP) is 5.43. The van der Waals surface area contributed by atoms with Crippen molar-refractivity contribution in [1.82, 2.24) is 25.4 Å². The molecule has 3 heterocycles. The number of carbonyl (C=O) groups excluding carboxylic acids is 2. The second-order valence-electron chi connectivity index (χ2n) is 10.3. The van der Waals surface area contributed by atoms with Crippen molar-refractivity contribution in [2.45, 2.75) is 25.0 Å². The van der Waals surface area contributed by atoms with E-state index >= 15 is 0 Å². The predicted molar refractivity (Wildman–Crippen MR) is 161 cm³/mol. The molecule has 42 heavy (non-hydrogen) atoms. The Hall–Kier alpha value is -4.60. The summed E-state index contributed by atoms with van der Waals surface area (Å²) in [6, 6.07) is 22.2. The number of amides is 1. The van der Waals surface area contributed by atoms with Crippen LogP contribution in [-0.2, 0) is 16.1 Å². The van der Waals surface area contributed by atoms with E-state index in [-0.39, 0.29) is 17.9 Å². The molecule has 6 rings (SSSR count). The van der Waals surface area contributed by atoms with Crippen molar-refractivity contribution in [1.29, 1.82) is 0 Å². The van der Waals surface area contributed by atoms with Crippen molar-refractivity contribution in [2.24, 2.45) is 0 Å². The molecule has 5 aromatic rings. The summed E-state index contributed by atoms with van der Waals surface area (Å²) in [4.78, 5) is 31.9. The van der Waals surface area contributed by atoms with Crippen LogP contribution in [0.1, 0.15) is 22.5 Å². The molecule has 1 amide bonds. The number of rotatable bonds is 8. The lowest BCUT2D eigenvalue weighted by Gasteiger charge is -2.22. The number of nitrogens with zero attached hydrogens (tertiary/aromatic N) is 2. The summed E-state index contributed by atoms with van der Waals surface area (Å²) < 4.78 is 10.4. The first-order valence-electron chi connectivity index (χ1n) is 13.6. The van der Waals surface area contributed by atoms with Gasteiger partial charge in [-0.3, -0.25) is 19.6 Å². The van der Waals surface area contributed by atoms with E-state index in [0.717, 1.165) is 44.6 Å². The van der Waals surface area contributed by atoms with Crippen LogP contribution in [0.5, 0.6) is 5.75 Å². The number of methoxy groups -OCH3 is 2. The largest absolute Gasteiger partial charge is 0.497 e. The van der Waals surface area contributed by atoms with E-state index in [1.807, 2.05) is 71.6 Å². The van der Waals surface area contributed by atoms with Crippen molar-refractivity contribution < 1.29 is 19.1 Å². The number of fused-ring (bicyclic) bond motifs is 1. The maximum absolute atomic E-state index is 13.8. The van der Waals surface area contributed by atoms with Gasteiger partial charge >= 0.3 is 5.97 Å². The molecule has 3 aromatic carbocycles. The van der Waals surface area contributed by atoms with Gasteiger partial charge in [0.25, 0.3) is 5.91 Å². The molecular formula is C32H30ClN5O4. The molecule has 0 unspecified atom stereocenters. The number of nitrogens with one attached hydrogen (secondary N) is 3. The Balaban J connectivity index is 1.25. The molecule has 0 saturated carbocycles. The third-order valence-electron chi connectivity index (χ3n) is 7.73. The Morgan fingerprint density at radius 1 is 1.05 bits per heavy atom. The molecule has 0 bridgehead atoms. The van der Waals surface area contributed by atoms with E-state index in [0.29, 0.717) is 30.2 Å². The monoisotopic (exact) mass is 583 g/mol. The molecule has 0 aliphatic carbocycles. The average molecular weight is 584 g/mol. The Bertz CT molecular complexity index is 1730. The van der Waals surface area contributed by atoms with Gasteiger partial charge in [-0.15, -0.1) is 0 Å². The zero-order valence-electron chi connectivity index (χ0n) is 23.2. The van der Waals surface area contributed by atoms with E-state index in [2.05, 4.69) is 20.5 Å². The van der Waals surface area contributed by atoms with Crippen molar-refractivity contribution in [3.8, 4) is 28.1 Å². The van der Waals surface area contributed by atoms with Crippen molar-refractivity contribution in [3.05, 3.63) is 95.3 Å². The number of likely N-dealkylation sites (tertiary alicyclic amines) is 1. The van der Waals surface area contributed by atoms with Gasteiger partial charge in [-0.25, -0.2) is 0 Å². The number of benzene rings is 3. The second kappa shape index (κ2) is 11.7. The topological polar surface area (TPSA) is 112 Å². The first kappa shape index (κ1) is 27.6. The van der Waals surface area contributed by atoms with E-state index in [4.69, 9.17) is 21.1 Å². The third kappa shape index (κ3) is 5.36. The molecule has 1 fully saturated rings. The standard InChI is InChI=1S/C32H30ClN5O4/c1-41-24-11-8-20(9-12-24)29-21(16-34-37-29)17-38-18-23(15-27(38)32(40)42-2)35-31(39)30-28(19-6-4-3-5-7-19)25-14-22(33)10-13-26(25)36-30/h3-14,16,23,27,36H,15,17-18H2,1-2H3,(H,34,37)(H,35,39)/t23-,27+/m1/s1. The number of carbonyl (C=O) groups is 2. The van der Waals surface area contributed by atoms with E-state index in [9.17, 15) is 9.59 Å². The molecular weight excluding hydrogens is 554 g/mol. The highest BCUT2D eigenvalue weighted by atomic mass is 35.5. The molecule has 1 saturated heterocycles. The Labute approximate surface area is 247 Å². The number of H-pyrrole nitrogens is 2. The zero-order chi connectivity index (χ0) is 29.2. The number of ether oxygens (including phenoxy) is 2. The number of halogens is 1. The summed E-state index contributed by atoms with van der Waals surface area (Å²) in [7, 11) is 3.01. The number of aromatic nitrogens is 3. The summed E-state index contributed by atoms with van der Waals surface area (Å²) in [5.74, 6) is 0.169. The molecule has 2 atom stereocenters. The van der Waals surface area contributed by atoms with Crippen LogP contribution >= 0.6 is 11.6 Å². The molecule has 3 N–H and O–H groups in total. The molecule has 1 aliphatic rings. The molecule has 10 heteroatoms. The normalized spacial score (nSPS) is 16.9. The first-order valence-corrected chi connectivity index (χ1v) is 14.0. The minimum absolute atomic E-state index is 0.251. The lowest BCUT2D eigenvalue weighted by molar-refractivity contribution is -0.146. The Morgan fingerprint density at radius 2 is 1.83 bits per heavy atom. The second-order valence-corrected chi connectivity index (χ2v) is 10.7. The third-order valence-corrected chi connectivity index (χ3v) is 7.97. The van der Waals surface area contributed by atoms with Gasteiger partial charge in [0.05, 0.1) is 26.1 Å². The van der Waals surface area contributed by atoms with Crippen LogP contribution in [0.2, 0.25) is 5.02 Å². The van der Waals surface area contributed by atoms with Gasteiger partial charge in [-0.1, -0.05) is 41.9 Å². The van der Waals surface area contributed by atoms with Crippen LogP contribution < -0.4 is 10.1 Å². The highest BCUT2D eigenvalue weighted by Gasteiger charge is 2.39. The average Bonchev–Trinajstić information content (AvgIpc) is 3.74. The quantitative estimate of drug-likeness (QED) is 0.210.